The number of nitrogens with two attached hydrogens (primary N) is 1. The van der Waals surface area contributed by atoms with Crippen LogP contribution in [0.2, 0.25) is 0 Å². The maximum Gasteiger partial charge on any atom is 0.203 e. The average Bonchev–Trinajstić information content (AvgIpc) is 2.37. The third-order valence-corrected chi connectivity index (χ3v) is 2.54. The van der Waals surface area contributed by atoms with Gasteiger partial charge in [0, 0.05) is 6.04 Å². The summed E-state index contributed by atoms with van der Waals surface area (Å²) in [5, 5.41) is 0. The predicted octanol–water partition coefficient (Wildman–Crippen LogP) is 2.71. The molecule has 1 aromatic rings. The Bertz CT molecular complexity index is 371. The Kier molecular flexibility index (Phi) is 7.24. The second-order valence-corrected chi connectivity index (χ2v) is 3.59. The van der Waals surface area contributed by atoms with Crippen LogP contribution >= 0.6 is 12.4 Å². The van der Waals surface area contributed by atoms with Crippen molar-refractivity contribution in [1.82, 2.24) is 0 Å². The van der Waals surface area contributed by atoms with Crippen LogP contribution < -0.4 is 19.9 Å². The highest BCUT2D eigenvalue weighted by Gasteiger charge is 2.15. The summed E-state index contributed by atoms with van der Waals surface area (Å²) in [5.74, 6) is 1.80. The molecule has 18 heavy (non-hydrogen) atoms. The van der Waals surface area contributed by atoms with E-state index in [1.807, 2.05) is 12.1 Å². The fourth-order valence-electron chi connectivity index (χ4n) is 1.63. The van der Waals surface area contributed by atoms with Crippen LogP contribution in [0, 0.1) is 0 Å². The molecule has 1 aromatic carbocycles. The Morgan fingerprint density at radius 1 is 1.17 bits per heavy atom. The zero-order chi connectivity index (χ0) is 12.8. The number of benzene rings is 1. The molecule has 0 aromatic heterocycles. The van der Waals surface area contributed by atoms with Crippen LogP contribution in [0.25, 0.3) is 0 Å². The largest absolute Gasteiger partial charge is 0.493 e. The lowest BCUT2D eigenvalue weighted by molar-refractivity contribution is 0.323. The van der Waals surface area contributed by atoms with Gasteiger partial charge in [0.1, 0.15) is 0 Å². The van der Waals surface area contributed by atoms with Gasteiger partial charge in [-0.1, -0.05) is 6.08 Å². The second kappa shape index (κ2) is 7.84. The van der Waals surface area contributed by atoms with Crippen LogP contribution in [0.5, 0.6) is 17.2 Å². The van der Waals surface area contributed by atoms with Gasteiger partial charge in [0.25, 0.3) is 0 Å². The molecule has 2 N–H and O–H groups in total. The van der Waals surface area contributed by atoms with Crippen molar-refractivity contribution >= 4 is 12.4 Å². The van der Waals surface area contributed by atoms with Crippen molar-refractivity contribution < 1.29 is 14.2 Å². The van der Waals surface area contributed by atoms with Crippen LogP contribution in [0.1, 0.15) is 18.0 Å². The van der Waals surface area contributed by atoms with Crippen molar-refractivity contribution in [3.05, 3.63) is 30.4 Å². The molecule has 0 saturated carbocycles. The molecule has 0 bridgehead atoms. The van der Waals surface area contributed by atoms with E-state index in [-0.39, 0.29) is 18.4 Å². The first kappa shape index (κ1) is 16.6. The van der Waals surface area contributed by atoms with E-state index in [0.717, 1.165) is 5.56 Å². The molecule has 0 aliphatic heterocycles. The van der Waals surface area contributed by atoms with Crippen molar-refractivity contribution in [1.29, 1.82) is 0 Å². The molecule has 0 amide bonds. The molecular formula is C13H20ClNO3. The molecule has 0 heterocycles. The number of hydrogen-bond donors (Lipinski definition) is 1. The Labute approximate surface area is 114 Å². The highest BCUT2D eigenvalue weighted by molar-refractivity contribution is 5.85. The van der Waals surface area contributed by atoms with Crippen LogP contribution in [0.4, 0.5) is 0 Å². The van der Waals surface area contributed by atoms with E-state index < -0.39 is 0 Å². The van der Waals surface area contributed by atoms with Gasteiger partial charge in [-0.3, -0.25) is 0 Å². The molecule has 0 aliphatic carbocycles. The van der Waals surface area contributed by atoms with E-state index in [1.165, 1.54) is 0 Å². The van der Waals surface area contributed by atoms with E-state index in [1.54, 1.807) is 27.4 Å². The van der Waals surface area contributed by atoms with Gasteiger partial charge in [0.05, 0.1) is 21.3 Å². The lowest BCUT2D eigenvalue weighted by atomic mass is 10.0. The molecule has 0 fully saturated rings. The summed E-state index contributed by atoms with van der Waals surface area (Å²) in [6, 6.07) is 3.59. The molecule has 1 rings (SSSR count). The number of halogens is 1. The maximum atomic E-state index is 6.02. The summed E-state index contributed by atoms with van der Waals surface area (Å²) < 4.78 is 15.8. The zero-order valence-corrected chi connectivity index (χ0v) is 11.8. The number of ether oxygens (including phenoxy) is 3. The minimum atomic E-state index is -0.124. The first-order valence-corrected chi connectivity index (χ1v) is 5.34. The van der Waals surface area contributed by atoms with Crippen LogP contribution in [-0.2, 0) is 0 Å². The van der Waals surface area contributed by atoms with Gasteiger partial charge >= 0.3 is 0 Å². The molecule has 5 heteroatoms. The summed E-state index contributed by atoms with van der Waals surface area (Å²) in [6.07, 6.45) is 2.48. The van der Waals surface area contributed by atoms with E-state index in [9.17, 15) is 0 Å². The zero-order valence-electron chi connectivity index (χ0n) is 10.9. The number of hydrogen-bond acceptors (Lipinski definition) is 4. The molecule has 1 atom stereocenters. The third-order valence-electron chi connectivity index (χ3n) is 2.54. The normalized spacial score (nSPS) is 11.1. The van der Waals surface area contributed by atoms with E-state index in [0.29, 0.717) is 23.7 Å². The molecule has 102 valence electrons. The molecule has 0 saturated heterocycles. The molecule has 0 aliphatic rings. The van der Waals surface area contributed by atoms with Gasteiger partial charge in [-0.25, -0.2) is 0 Å². The second-order valence-electron chi connectivity index (χ2n) is 3.59. The standard InChI is InChI=1S/C13H19NO3.ClH/c1-5-6-10(14)9-7-11(15-2)13(17-4)12(8-9)16-3;/h5,7-8,10H,1,6,14H2,2-4H3;1H/t10-;/m0./s1. The van der Waals surface area contributed by atoms with Crippen molar-refractivity contribution in [2.24, 2.45) is 5.73 Å². The fraction of sp³-hybridized carbons (Fsp3) is 0.385. The van der Waals surface area contributed by atoms with Gasteiger partial charge in [-0.15, -0.1) is 19.0 Å². The van der Waals surface area contributed by atoms with Crippen LogP contribution in [-0.4, -0.2) is 21.3 Å². The predicted molar refractivity (Wildman–Crippen MR) is 75.1 cm³/mol. The fourth-order valence-corrected chi connectivity index (χ4v) is 1.63. The van der Waals surface area contributed by atoms with Gasteiger partial charge in [0.15, 0.2) is 11.5 Å². The molecule has 4 nitrogen and oxygen atoms in total. The summed E-state index contributed by atoms with van der Waals surface area (Å²) in [5.41, 5.74) is 6.95. The maximum absolute atomic E-state index is 6.02. The topological polar surface area (TPSA) is 53.7 Å². The summed E-state index contributed by atoms with van der Waals surface area (Å²) in [4.78, 5) is 0. The van der Waals surface area contributed by atoms with Gasteiger partial charge in [0.2, 0.25) is 5.75 Å². The minimum absolute atomic E-state index is 0. The Morgan fingerprint density at radius 2 is 1.67 bits per heavy atom. The molecular weight excluding hydrogens is 254 g/mol. The first-order valence-electron chi connectivity index (χ1n) is 5.34. The van der Waals surface area contributed by atoms with E-state index >= 15 is 0 Å². The highest BCUT2D eigenvalue weighted by atomic mass is 35.5. The van der Waals surface area contributed by atoms with E-state index in [2.05, 4.69) is 6.58 Å². The van der Waals surface area contributed by atoms with E-state index in [4.69, 9.17) is 19.9 Å². The Hall–Kier alpha value is -1.39. The van der Waals surface area contributed by atoms with Crippen LogP contribution in [0.15, 0.2) is 24.8 Å². The Balaban J connectivity index is 0.00000289. The average molecular weight is 274 g/mol. The van der Waals surface area contributed by atoms with Crippen molar-refractivity contribution in [3.8, 4) is 17.2 Å². The molecule has 0 radical (unpaired) electrons. The van der Waals surface area contributed by atoms with Crippen LogP contribution in [0.3, 0.4) is 0 Å². The third kappa shape index (κ3) is 3.55. The highest BCUT2D eigenvalue weighted by Crippen LogP contribution is 2.39. The minimum Gasteiger partial charge on any atom is -0.493 e. The van der Waals surface area contributed by atoms with Gasteiger partial charge in [-0.2, -0.15) is 0 Å². The lowest BCUT2D eigenvalue weighted by Gasteiger charge is -2.16. The van der Waals surface area contributed by atoms with Gasteiger partial charge in [-0.05, 0) is 24.1 Å². The van der Waals surface area contributed by atoms with Gasteiger partial charge < -0.3 is 19.9 Å². The quantitative estimate of drug-likeness (QED) is 0.810. The molecule has 0 spiro atoms. The van der Waals surface area contributed by atoms with Crippen molar-refractivity contribution in [2.75, 3.05) is 21.3 Å². The Morgan fingerprint density at radius 3 is 2.00 bits per heavy atom. The first-order chi connectivity index (χ1) is 8.17. The van der Waals surface area contributed by atoms with Crippen molar-refractivity contribution in [3.63, 3.8) is 0 Å². The number of rotatable bonds is 6. The summed E-state index contributed by atoms with van der Waals surface area (Å²) in [6.45, 7) is 3.68. The summed E-state index contributed by atoms with van der Waals surface area (Å²) in [7, 11) is 4.74. The number of methoxy groups -OCH3 is 3. The molecule has 0 unspecified atom stereocenters. The summed E-state index contributed by atoms with van der Waals surface area (Å²) >= 11 is 0. The monoisotopic (exact) mass is 273 g/mol. The SMILES string of the molecule is C=CC[C@H](N)c1cc(OC)c(OC)c(OC)c1.Cl. The van der Waals surface area contributed by atoms with Crippen molar-refractivity contribution in [2.45, 2.75) is 12.5 Å². The lowest BCUT2D eigenvalue weighted by Crippen LogP contribution is -2.10. The smallest absolute Gasteiger partial charge is 0.203 e.